The maximum absolute atomic E-state index is 12.1. The van der Waals surface area contributed by atoms with Gasteiger partial charge in [0.25, 0.3) is 0 Å². The molecule has 1 heterocycles. The highest BCUT2D eigenvalue weighted by Crippen LogP contribution is 2.31. The normalized spacial score (nSPS) is 24.2. The topological polar surface area (TPSA) is 49.8 Å². The second-order valence-corrected chi connectivity index (χ2v) is 5.50. The Morgan fingerprint density at radius 3 is 2.43 bits per heavy atom. The number of halogens is 2. The number of benzene rings is 1. The number of rotatable bonds is 5. The summed E-state index contributed by atoms with van der Waals surface area (Å²) in [6.07, 6.45) is 0. The van der Waals surface area contributed by atoms with Crippen LogP contribution in [-0.2, 0) is 4.79 Å². The molecule has 0 radical (unpaired) electrons. The van der Waals surface area contributed by atoms with Gasteiger partial charge in [-0.3, -0.25) is 9.69 Å². The number of ether oxygens (including phenoxy) is 1. The Morgan fingerprint density at radius 1 is 1.33 bits per heavy atom. The molecule has 21 heavy (non-hydrogen) atoms. The van der Waals surface area contributed by atoms with E-state index in [1.54, 1.807) is 12.1 Å². The monoisotopic (exact) mass is 299 g/mol. The lowest BCUT2D eigenvalue weighted by molar-refractivity contribution is -0.142. The molecule has 4 nitrogen and oxygen atoms in total. The molecule has 2 rings (SSSR count). The van der Waals surface area contributed by atoms with E-state index in [0.29, 0.717) is 13.1 Å². The molecule has 1 aliphatic heterocycles. The van der Waals surface area contributed by atoms with Gasteiger partial charge in [0, 0.05) is 19.1 Å². The minimum Gasteiger partial charge on any atom is -0.481 e. The Balaban J connectivity index is 2.03. The van der Waals surface area contributed by atoms with Crippen molar-refractivity contribution in [3.8, 4) is 5.75 Å². The molecule has 1 saturated heterocycles. The first-order valence-electron chi connectivity index (χ1n) is 6.90. The smallest absolute Gasteiger partial charge is 0.387 e. The van der Waals surface area contributed by atoms with Crippen molar-refractivity contribution in [2.45, 2.75) is 26.5 Å². The summed E-state index contributed by atoms with van der Waals surface area (Å²) in [4.78, 5) is 13.3. The van der Waals surface area contributed by atoms with Gasteiger partial charge < -0.3 is 9.84 Å². The molecular formula is C15H19F2NO3. The van der Waals surface area contributed by atoms with Crippen molar-refractivity contribution < 1.29 is 23.4 Å². The summed E-state index contributed by atoms with van der Waals surface area (Å²) in [6.45, 7) is 2.31. The molecule has 0 aromatic heterocycles. The van der Waals surface area contributed by atoms with E-state index in [2.05, 4.69) is 9.64 Å². The van der Waals surface area contributed by atoms with Crippen LogP contribution in [-0.4, -0.2) is 35.7 Å². The van der Waals surface area contributed by atoms with Gasteiger partial charge in [0.1, 0.15) is 5.75 Å². The van der Waals surface area contributed by atoms with Crippen molar-refractivity contribution in [3.05, 3.63) is 29.8 Å². The zero-order valence-electron chi connectivity index (χ0n) is 12.0. The lowest BCUT2D eigenvalue weighted by atomic mass is 9.99. The first-order valence-corrected chi connectivity index (χ1v) is 6.90. The Kier molecular flexibility index (Phi) is 4.77. The minimum atomic E-state index is -2.83. The Labute approximate surface area is 122 Å². The van der Waals surface area contributed by atoms with Crippen LogP contribution in [0, 0.1) is 11.8 Å². The maximum atomic E-state index is 12.1. The fourth-order valence-corrected chi connectivity index (χ4v) is 2.78. The van der Waals surface area contributed by atoms with Gasteiger partial charge in [0.05, 0.1) is 5.92 Å². The second kappa shape index (κ2) is 6.39. The molecule has 0 saturated carbocycles. The number of carbonyl (C=O) groups is 1. The third-order valence-electron chi connectivity index (χ3n) is 4.09. The summed E-state index contributed by atoms with van der Waals surface area (Å²) in [5.41, 5.74) is 0.954. The zero-order valence-corrected chi connectivity index (χ0v) is 12.0. The summed E-state index contributed by atoms with van der Waals surface area (Å²) in [5, 5.41) is 9.16. The van der Waals surface area contributed by atoms with E-state index in [4.69, 9.17) is 5.11 Å². The molecule has 1 aromatic rings. The molecular weight excluding hydrogens is 280 g/mol. The lowest BCUT2D eigenvalue weighted by Gasteiger charge is -2.24. The van der Waals surface area contributed by atoms with E-state index in [1.807, 2.05) is 13.8 Å². The van der Waals surface area contributed by atoms with Crippen molar-refractivity contribution in [2.75, 3.05) is 13.1 Å². The standard InChI is InChI=1S/C15H19F2NO3/c1-9-7-18(8-13(9)14(19)20)10(2)11-3-5-12(6-4-11)21-15(16)17/h3-6,9-10,13,15H,7-8H2,1-2H3,(H,19,20)/t9-,10?,13-/m1/s1. The molecule has 3 atom stereocenters. The predicted octanol–water partition coefficient (Wildman–Crippen LogP) is 3.00. The number of nitrogens with zero attached hydrogens (tertiary/aromatic N) is 1. The molecule has 1 aromatic carbocycles. The second-order valence-electron chi connectivity index (χ2n) is 5.50. The summed E-state index contributed by atoms with van der Waals surface area (Å²) in [5.74, 6) is -0.891. The van der Waals surface area contributed by atoms with Gasteiger partial charge in [0.2, 0.25) is 0 Å². The van der Waals surface area contributed by atoms with Crippen LogP contribution >= 0.6 is 0 Å². The van der Waals surface area contributed by atoms with Gasteiger partial charge in [-0.1, -0.05) is 19.1 Å². The Bertz CT molecular complexity index is 492. The number of hydrogen-bond donors (Lipinski definition) is 1. The molecule has 0 bridgehead atoms. The third kappa shape index (κ3) is 3.69. The molecule has 6 heteroatoms. The Hall–Kier alpha value is -1.69. The molecule has 116 valence electrons. The van der Waals surface area contributed by atoms with Gasteiger partial charge in [0.15, 0.2) is 0 Å². The highest BCUT2D eigenvalue weighted by atomic mass is 19.3. The van der Waals surface area contributed by atoms with E-state index in [1.165, 1.54) is 12.1 Å². The summed E-state index contributed by atoms with van der Waals surface area (Å²) >= 11 is 0. The van der Waals surface area contributed by atoms with E-state index in [-0.39, 0.29) is 23.6 Å². The van der Waals surface area contributed by atoms with Crippen molar-refractivity contribution >= 4 is 5.97 Å². The zero-order chi connectivity index (χ0) is 15.6. The molecule has 0 amide bonds. The number of likely N-dealkylation sites (tertiary alicyclic amines) is 1. The summed E-state index contributed by atoms with van der Waals surface area (Å²) in [7, 11) is 0. The highest BCUT2D eigenvalue weighted by molar-refractivity contribution is 5.71. The quantitative estimate of drug-likeness (QED) is 0.908. The molecule has 1 aliphatic rings. The van der Waals surface area contributed by atoms with Crippen molar-refractivity contribution in [1.29, 1.82) is 0 Å². The first-order chi connectivity index (χ1) is 9.88. The van der Waals surface area contributed by atoms with Gasteiger partial charge in [-0.2, -0.15) is 8.78 Å². The maximum Gasteiger partial charge on any atom is 0.387 e. The van der Waals surface area contributed by atoms with Gasteiger partial charge >= 0.3 is 12.6 Å². The fraction of sp³-hybridized carbons (Fsp3) is 0.533. The van der Waals surface area contributed by atoms with Crippen LogP contribution in [0.5, 0.6) is 5.75 Å². The van der Waals surface area contributed by atoms with Crippen LogP contribution in [0.4, 0.5) is 8.78 Å². The van der Waals surface area contributed by atoms with Crippen LogP contribution in [0.25, 0.3) is 0 Å². The molecule has 0 spiro atoms. The van der Waals surface area contributed by atoms with Crippen LogP contribution in [0.3, 0.4) is 0 Å². The summed E-state index contributed by atoms with van der Waals surface area (Å²) < 4.78 is 28.5. The molecule has 1 N–H and O–H groups in total. The van der Waals surface area contributed by atoms with Gasteiger partial charge in [-0.25, -0.2) is 0 Å². The van der Waals surface area contributed by atoms with Crippen molar-refractivity contribution in [1.82, 2.24) is 4.90 Å². The molecule has 0 aliphatic carbocycles. The van der Waals surface area contributed by atoms with Crippen LogP contribution in [0.1, 0.15) is 25.5 Å². The SMILES string of the molecule is CC(c1ccc(OC(F)F)cc1)N1C[C@@H](C)[C@H](C(=O)O)C1. The van der Waals surface area contributed by atoms with E-state index in [9.17, 15) is 13.6 Å². The number of hydrogen-bond acceptors (Lipinski definition) is 3. The number of carboxylic acid groups (broad SMARTS) is 1. The average Bonchev–Trinajstić information content (AvgIpc) is 2.80. The third-order valence-corrected chi connectivity index (χ3v) is 4.09. The lowest BCUT2D eigenvalue weighted by Crippen LogP contribution is -2.26. The highest BCUT2D eigenvalue weighted by Gasteiger charge is 2.36. The van der Waals surface area contributed by atoms with Gasteiger partial charge in [-0.15, -0.1) is 0 Å². The van der Waals surface area contributed by atoms with Crippen LogP contribution < -0.4 is 4.74 Å². The van der Waals surface area contributed by atoms with E-state index >= 15 is 0 Å². The van der Waals surface area contributed by atoms with E-state index in [0.717, 1.165) is 5.56 Å². The van der Waals surface area contributed by atoms with Crippen LogP contribution in [0.2, 0.25) is 0 Å². The Morgan fingerprint density at radius 2 is 1.95 bits per heavy atom. The number of aliphatic carboxylic acids is 1. The average molecular weight is 299 g/mol. The van der Waals surface area contributed by atoms with E-state index < -0.39 is 12.6 Å². The fourth-order valence-electron chi connectivity index (χ4n) is 2.78. The minimum absolute atomic E-state index is 0.0393. The summed E-state index contributed by atoms with van der Waals surface area (Å²) in [6, 6.07) is 6.53. The molecule has 1 unspecified atom stereocenters. The number of alkyl halides is 2. The largest absolute Gasteiger partial charge is 0.481 e. The predicted molar refractivity (Wildman–Crippen MR) is 73.4 cm³/mol. The number of carboxylic acids is 1. The molecule has 1 fully saturated rings. The van der Waals surface area contributed by atoms with Crippen molar-refractivity contribution in [3.63, 3.8) is 0 Å². The first kappa shape index (κ1) is 15.7. The van der Waals surface area contributed by atoms with Gasteiger partial charge in [-0.05, 0) is 30.5 Å². The van der Waals surface area contributed by atoms with Crippen LogP contribution in [0.15, 0.2) is 24.3 Å². The van der Waals surface area contributed by atoms with Crippen molar-refractivity contribution in [2.24, 2.45) is 11.8 Å².